The number of rotatable bonds is 9. The highest BCUT2D eigenvalue weighted by Gasteiger charge is 2.36. The zero-order chi connectivity index (χ0) is 32.7. The summed E-state index contributed by atoms with van der Waals surface area (Å²) in [6.07, 6.45) is 3.01. The third-order valence-corrected chi connectivity index (χ3v) is 8.83. The Labute approximate surface area is 269 Å². The van der Waals surface area contributed by atoms with Crippen molar-refractivity contribution in [3.63, 3.8) is 0 Å². The van der Waals surface area contributed by atoms with Crippen LogP contribution >= 0.6 is 0 Å². The highest BCUT2D eigenvalue weighted by Crippen LogP contribution is 2.38. The van der Waals surface area contributed by atoms with Gasteiger partial charge in [0.2, 0.25) is 5.95 Å². The van der Waals surface area contributed by atoms with Gasteiger partial charge in [-0.25, -0.2) is 14.8 Å². The predicted octanol–water partition coefficient (Wildman–Crippen LogP) is 2.68. The molecule has 13 nitrogen and oxygen atoms in total. The zero-order valence-electron chi connectivity index (χ0n) is 25.9. The molecule has 2 fully saturated rings. The molecule has 2 saturated heterocycles. The number of hydrogen-bond donors (Lipinski definition) is 1. The summed E-state index contributed by atoms with van der Waals surface area (Å²) < 4.78 is 2.00. The zero-order valence-corrected chi connectivity index (χ0v) is 25.9. The smallest absolute Gasteiger partial charge is 0.333 e. The van der Waals surface area contributed by atoms with Crippen LogP contribution < -0.4 is 10.2 Å². The van der Waals surface area contributed by atoms with Crippen LogP contribution in [-0.4, -0.2) is 87.3 Å². The Hall–Kier alpha value is -5.43. The maximum Gasteiger partial charge on any atom is 0.333 e. The fourth-order valence-electron chi connectivity index (χ4n) is 6.33. The van der Waals surface area contributed by atoms with Crippen molar-refractivity contribution in [1.82, 2.24) is 29.8 Å². The van der Waals surface area contributed by atoms with E-state index >= 15 is 0 Å². The van der Waals surface area contributed by atoms with E-state index in [0.29, 0.717) is 52.6 Å². The van der Waals surface area contributed by atoms with Gasteiger partial charge in [0.25, 0.3) is 23.6 Å². The Morgan fingerprint density at radius 3 is 2.28 bits per heavy atom. The minimum atomic E-state index is -0.643. The van der Waals surface area contributed by atoms with Crippen molar-refractivity contribution >= 4 is 68.5 Å². The van der Waals surface area contributed by atoms with Crippen molar-refractivity contribution in [3.05, 3.63) is 66.0 Å². The van der Waals surface area contributed by atoms with Crippen LogP contribution in [0.4, 0.5) is 5.95 Å². The second kappa shape index (κ2) is 12.4. The number of likely N-dealkylation sites (N-methyl/N-ethyl adjacent to an activating group) is 1. The van der Waals surface area contributed by atoms with Gasteiger partial charge in [0.05, 0.1) is 22.4 Å². The molecule has 240 valence electrons. The maximum absolute atomic E-state index is 13.6. The molecule has 13 heteroatoms. The van der Waals surface area contributed by atoms with E-state index in [-0.39, 0.29) is 30.4 Å². The Balaban J connectivity index is 1.21. The molecular formula is C34H33N7O6. The summed E-state index contributed by atoms with van der Waals surface area (Å²) in [7, 11) is 2.07. The van der Waals surface area contributed by atoms with E-state index < -0.39 is 29.6 Å². The van der Waals surface area contributed by atoms with Crippen LogP contribution in [0.15, 0.2) is 54.7 Å². The number of hydroxylamine groups is 2. The molecule has 0 saturated carbocycles. The van der Waals surface area contributed by atoms with Crippen LogP contribution in [-0.2, 0) is 35.4 Å². The number of fused-ring (bicyclic) bond motifs is 2. The average molecular weight is 636 g/mol. The number of unbranched alkanes of at least 4 members (excludes halogenated alkanes) is 1. The summed E-state index contributed by atoms with van der Waals surface area (Å²) in [5, 5.41) is 4.55. The Morgan fingerprint density at radius 1 is 0.830 bits per heavy atom. The summed E-state index contributed by atoms with van der Waals surface area (Å²) in [6.45, 7) is 3.71. The van der Waals surface area contributed by atoms with Crippen LogP contribution in [0, 0.1) is 0 Å². The van der Waals surface area contributed by atoms with E-state index in [1.165, 1.54) is 0 Å². The lowest BCUT2D eigenvalue weighted by atomic mass is 9.97. The van der Waals surface area contributed by atoms with Gasteiger partial charge in [0.1, 0.15) is 0 Å². The fraction of sp³-hybridized carbons (Fsp3) is 0.324. The van der Waals surface area contributed by atoms with Crippen molar-refractivity contribution in [3.8, 4) is 0 Å². The second-order valence-electron chi connectivity index (χ2n) is 12.0. The molecule has 4 aromatic rings. The molecule has 47 heavy (non-hydrogen) atoms. The highest BCUT2D eigenvalue weighted by atomic mass is 16.7. The minimum absolute atomic E-state index is 0.0335. The number of anilines is 1. The summed E-state index contributed by atoms with van der Waals surface area (Å²) in [5.74, 6) is -2.15. The Morgan fingerprint density at radius 2 is 1.51 bits per heavy atom. The van der Waals surface area contributed by atoms with Gasteiger partial charge in [-0.3, -0.25) is 24.5 Å². The third-order valence-electron chi connectivity index (χ3n) is 8.83. The number of imide groups is 2. The fourth-order valence-corrected chi connectivity index (χ4v) is 6.33. The largest absolute Gasteiger partial charge is 0.347 e. The highest BCUT2D eigenvalue weighted by molar-refractivity contribution is 6.50. The number of aryl methyl sites for hydroxylation is 1. The number of hydrogen-bond acceptors (Lipinski definition) is 10. The molecule has 0 aliphatic carbocycles. The number of nitrogens with one attached hydrogen (secondary N) is 1. The Bertz CT molecular complexity index is 1980. The number of para-hydroxylation sites is 2. The van der Waals surface area contributed by atoms with Gasteiger partial charge in [-0.05, 0) is 32.0 Å². The summed E-state index contributed by atoms with van der Waals surface area (Å²) in [4.78, 5) is 82.0. The van der Waals surface area contributed by atoms with Crippen LogP contribution in [0.1, 0.15) is 43.4 Å². The Kier molecular flexibility index (Phi) is 7.98. The van der Waals surface area contributed by atoms with Gasteiger partial charge in [-0.15, -0.1) is 5.06 Å². The number of carbonyl (C=O) groups excluding carboxylic acids is 5. The summed E-state index contributed by atoms with van der Waals surface area (Å²) in [6, 6.07) is 15.1. The van der Waals surface area contributed by atoms with E-state index in [4.69, 9.17) is 14.8 Å². The number of benzene rings is 2. The van der Waals surface area contributed by atoms with Crippen LogP contribution in [0.3, 0.4) is 0 Å². The maximum atomic E-state index is 13.6. The van der Waals surface area contributed by atoms with Crippen molar-refractivity contribution in [2.45, 2.75) is 38.6 Å². The van der Waals surface area contributed by atoms with Gasteiger partial charge in [0, 0.05) is 80.0 Å². The molecule has 0 bridgehead atoms. The van der Waals surface area contributed by atoms with Gasteiger partial charge >= 0.3 is 5.97 Å². The number of amides is 4. The van der Waals surface area contributed by atoms with E-state index in [9.17, 15) is 24.0 Å². The van der Waals surface area contributed by atoms with E-state index in [2.05, 4.69) is 22.2 Å². The first-order valence-electron chi connectivity index (χ1n) is 15.7. The van der Waals surface area contributed by atoms with E-state index in [1.807, 2.05) is 59.3 Å². The lowest BCUT2D eigenvalue weighted by Gasteiger charge is -2.32. The SMILES string of the molecule is CN1CCN(c2nc(C3=C(c4cn(CCCCC(=O)ON5C(=O)CCC5=O)c5ccccc45)C(=O)NC3=O)c3ccccc3n2)CC1. The van der Waals surface area contributed by atoms with Crippen molar-refractivity contribution in [1.29, 1.82) is 0 Å². The monoisotopic (exact) mass is 635 g/mol. The molecule has 0 unspecified atom stereocenters. The molecular weight excluding hydrogens is 602 g/mol. The molecule has 2 aromatic heterocycles. The second-order valence-corrected chi connectivity index (χ2v) is 12.0. The van der Waals surface area contributed by atoms with Gasteiger partial charge in [0.15, 0.2) is 0 Å². The quantitative estimate of drug-likeness (QED) is 0.215. The molecule has 0 atom stereocenters. The lowest BCUT2D eigenvalue weighted by Crippen LogP contribution is -2.45. The van der Waals surface area contributed by atoms with Gasteiger partial charge in [-0.1, -0.05) is 36.4 Å². The van der Waals surface area contributed by atoms with E-state index in [1.54, 1.807) is 0 Å². The van der Waals surface area contributed by atoms with Gasteiger partial charge in [-0.2, -0.15) is 0 Å². The summed E-state index contributed by atoms with van der Waals surface area (Å²) in [5.41, 5.74) is 3.02. The molecule has 1 N–H and O–H groups in total. The lowest BCUT2D eigenvalue weighted by molar-refractivity contribution is -0.197. The average Bonchev–Trinajstić information content (AvgIpc) is 3.70. The van der Waals surface area contributed by atoms with E-state index in [0.717, 1.165) is 37.1 Å². The van der Waals surface area contributed by atoms with Crippen molar-refractivity contribution < 1.29 is 28.8 Å². The molecule has 0 spiro atoms. The molecule has 3 aliphatic heterocycles. The number of piperazine rings is 1. The normalized spacial score (nSPS) is 17.5. The molecule has 0 radical (unpaired) electrons. The minimum Gasteiger partial charge on any atom is -0.347 e. The molecule has 4 amide bonds. The van der Waals surface area contributed by atoms with Gasteiger partial charge < -0.3 is 19.2 Å². The first kappa shape index (κ1) is 30.2. The third kappa shape index (κ3) is 5.74. The van der Waals surface area contributed by atoms with Crippen LogP contribution in [0.25, 0.3) is 33.0 Å². The topological polar surface area (TPSA) is 147 Å². The summed E-state index contributed by atoms with van der Waals surface area (Å²) >= 11 is 0. The number of nitrogens with zero attached hydrogens (tertiary/aromatic N) is 6. The van der Waals surface area contributed by atoms with Crippen molar-refractivity contribution in [2.24, 2.45) is 0 Å². The van der Waals surface area contributed by atoms with Crippen LogP contribution in [0.2, 0.25) is 0 Å². The molecule has 2 aromatic carbocycles. The first-order chi connectivity index (χ1) is 22.8. The number of aromatic nitrogens is 3. The predicted molar refractivity (Wildman–Crippen MR) is 172 cm³/mol. The van der Waals surface area contributed by atoms with Crippen LogP contribution in [0.5, 0.6) is 0 Å². The number of carbonyl (C=O) groups is 5. The standard InChI is InChI=1S/C34H33N7O6/c1-38-16-18-39(19-17-38)34-35-24-10-4-2-9-22(24)31(36-34)30-29(32(45)37-33(30)46)23-20-40(25-11-5-3-8-21(23)25)15-7-6-12-28(44)47-41-26(42)13-14-27(41)43/h2-5,8-11,20H,6-7,12-19H2,1H3,(H,37,45,46). The molecule has 3 aliphatic rings. The molecule has 5 heterocycles. The molecule has 7 rings (SSSR count). The van der Waals surface area contributed by atoms with Crippen molar-refractivity contribution in [2.75, 3.05) is 38.1 Å². The first-order valence-corrected chi connectivity index (χ1v) is 15.7.